The summed E-state index contributed by atoms with van der Waals surface area (Å²) in [6.07, 6.45) is 6.04. The predicted octanol–water partition coefficient (Wildman–Crippen LogP) is 4.07. The van der Waals surface area contributed by atoms with Crippen molar-refractivity contribution < 1.29 is 4.79 Å². The van der Waals surface area contributed by atoms with Crippen LogP contribution in [0.25, 0.3) is 15.7 Å². The number of aromatic amines is 1. The fourth-order valence-electron chi connectivity index (χ4n) is 4.37. The van der Waals surface area contributed by atoms with Gasteiger partial charge in [-0.2, -0.15) is 5.10 Å². The molecule has 0 fully saturated rings. The predicted molar refractivity (Wildman–Crippen MR) is 119 cm³/mol. The number of aryl methyl sites for hydroxylation is 2. The van der Waals surface area contributed by atoms with Gasteiger partial charge < -0.3 is 9.88 Å². The number of carbonyl (C=O) groups is 1. The molecule has 1 amide bonds. The fourth-order valence-corrected chi connectivity index (χ4v) is 5.53. The summed E-state index contributed by atoms with van der Waals surface area (Å²) >= 11 is 1.63. The van der Waals surface area contributed by atoms with Gasteiger partial charge in [-0.15, -0.1) is 11.3 Å². The number of rotatable bonds is 2. The second-order valence-electron chi connectivity index (χ2n) is 7.99. The number of imidazole rings is 1. The number of fused-ring (bicyclic) bond motifs is 3. The van der Waals surface area contributed by atoms with Gasteiger partial charge in [-0.05, 0) is 37.1 Å². The molecule has 154 valence electrons. The Bertz CT molecular complexity index is 1460. The van der Waals surface area contributed by atoms with Gasteiger partial charge in [-0.25, -0.2) is 14.5 Å². The lowest BCUT2D eigenvalue weighted by Gasteiger charge is -2.33. The minimum atomic E-state index is -0.320. The van der Waals surface area contributed by atoms with Crippen LogP contribution in [0.4, 0.5) is 0 Å². The van der Waals surface area contributed by atoms with Crippen molar-refractivity contribution in [1.82, 2.24) is 29.5 Å². The van der Waals surface area contributed by atoms with E-state index in [2.05, 4.69) is 34.1 Å². The monoisotopic (exact) mass is 428 g/mol. The Morgan fingerprint density at radius 2 is 2.13 bits per heavy atom. The zero-order valence-electron chi connectivity index (χ0n) is 17.2. The number of aromatic nitrogens is 5. The summed E-state index contributed by atoms with van der Waals surface area (Å²) < 4.78 is 2.89. The summed E-state index contributed by atoms with van der Waals surface area (Å²) in [5.74, 6) is -0.0477. The van der Waals surface area contributed by atoms with Crippen LogP contribution in [0.2, 0.25) is 0 Å². The van der Waals surface area contributed by atoms with Crippen LogP contribution in [-0.2, 0) is 6.42 Å². The highest BCUT2D eigenvalue weighted by molar-refractivity contribution is 7.18. The third kappa shape index (κ3) is 2.79. The molecule has 1 atom stereocenters. The summed E-state index contributed by atoms with van der Waals surface area (Å²) in [7, 11) is 0. The third-order valence-corrected chi connectivity index (χ3v) is 7.02. The van der Waals surface area contributed by atoms with Crippen LogP contribution in [0, 0.1) is 13.8 Å². The van der Waals surface area contributed by atoms with Crippen molar-refractivity contribution in [3.05, 3.63) is 82.1 Å². The van der Waals surface area contributed by atoms with Crippen molar-refractivity contribution in [2.24, 2.45) is 0 Å². The van der Waals surface area contributed by atoms with Gasteiger partial charge in [0.1, 0.15) is 11.0 Å². The van der Waals surface area contributed by atoms with Gasteiger partial charge in [0.05, 0.1) is 39.5 Å². The maximum Gasteiger partial charge on any atom is 0.258 e. The van der Waals surface area contributed by atoms with Crippen molar-refractivity contribution in [2.45, 2.75) is 26.3 Å². The highest BCUT2D eigenvalue weighted by atomic mass is 32.1. The normalized spacial score (nSPS) is 16.2. The van der Waals surface area contributed by atoms with E-state index < -0.39 is 0 Å². The number of hydrogen-bond acceptors (Lipinski definition) is 5. The van der Waals surface area contributed by atoms with Crippen molar-refractivity contribution in [1.29, 1.82) is 0 Å². The molecule has 5 heterocycles. The van der Waals surface area contributed by atoms with Crippen LogP contribution in [-0.4, -0.2) is 41.9 Å². The van der Waals surface area contributed by atoms with Crippen molar-refractivity contribution >= 4 is 33.0 Å². The largest absolute Gasteiger partial charge is 0.348 e. The molecular weight excluding hydrogens is 408 g/mol. The smallest absolute Gasteiger partial charge is 0.258 e. The average Bonchev–Trinajstić information content (AvgIpc) is 3.50. The molecule has 0 saturated carbocycles. The third-order valence-electron chi connectivity index (χ3n) is 5.95. The number of nitrogens with zero attached hydrogens (tertiary/aromatic N) is 5. The molecule has 0 spiro atoms. The Labute approximate surface area is 182 Å². The SMILES string of the molecule is Cc1ccc2c(C(=O)N3CCc4[nH]cnc4[C@H]3c3nc4c(C)cccc4s3)cnn2c1. The molecule has 1 aliphatic rings. The number of para-hydroxylation sites is 1. The van der Waals surface area contributed by atoms with E-state index in [4.69, 9.17) is 4.98 Å². The standard InChI is InChI=1S/C23H20N6OS/c1-13-6-7-17-15(10-26-29(17)11-13)23(30)28-9-8-16-20(25-12-24-16)21(28)22-27-19-14(2)4-3-5-18(19)31-22/h3-7,10-12,21H,8-9H2,1-2H3,(H,24,25)/t21-/m0/s1. The maximum absolute atomic E-state index is 13.8. The van der Waals surface area contributed by atoms with Crippen LogP contribution in [0.15, 0.2) is 49.1 Å². The summed E-state index contributed by atoms with van der Waals surface area (Å²) in [6.45, 7) is 4.67. The van der Waals surface area contributed by atoms with Crippen LogP contribution in [0.1, 0.15) is 43.9 Å². The topological polar surface area (TPSA) is 79.2 Å². The average molecular weight is 429 g/mol. The summed E-state index contributed by atoms with van der Waals surface area (Å²) in [5, 5.41) is 5.30. The summed E-state index contributed by atoms with van der Waals surface area (Å²) in [5.41, 5.74) is 6.57. The Morgan fingerprint density at radius 3 is 3.00 bits per heavy atom. The van der Waals surface area contributed by atoms with Gasteiger partial charge in [0.2, 0.25) is 0 Å². The minimum absolute atomic E-state index is 0.0477. The highest BCUT2D eigenvalue weighted by Gasteiger charge is 2.37. The lowest BCUT2D eigenvalue weighted by Crippen LogP contribution is -2.40. The molecule has 7 nitrogen and oxygen atoms in total. The Hall–Kier alpha value is -3.52. The Kier molecular flexibility index (Phi) is 3.97. The van der Waals surface area contributed by atoms with E-state index in [0.717, 1.165) is 49.7 Å². The van der Waals surface area contributed by atoms with Crippen LogP contribution in [0.5, 0.6) is 0 Å². The first-order chi connectivity index (χ1) is 15.1. The molecule has 31 heavy (non-hydrogen) atoms. The van der Waals surface area contributed by atoms with E-state index in [0.29, 0.717) is 12.1 Å². The van der Waals surface area contributed by atoms with Crippen molar-refractivity contribution in [2.75, 3.05) is 6.54 Å². The molecule has 0 bridgehead atoms. The van der Waals surface area contributed by atoms with E-state index in [1.165, 1.54) is 0 Å². The van der Waals surface area contributed by atoms with E-state index in [1.54, 1.807) is 28.4 Å². The number of hydrogen-bond donors (Lipinski definition) is 1. The molecule has 4 aromatic heterocycles. The number of thiazole rings is 1. The van der Waals surface area contributed by atoms with Gasteiger partial charge in [0.15, 0.2) is 0 Å². The highest BCUT2D eigenvalue weighted by Crippen LogP contribution is 2.39. The van der Waals surface area contributed by atoms with Crippen LogP contribution < -0.4 is 0 Å². The second-order valence-corrected chi connectivity index (χ2v) is 9.05. The molecule has 1 N–H and O–H groups in total. The fraction of sp³-hybridized carbons (Fsp3) is 0.217. The van der Waals surface area contributed by atoms with Crippen LogP contribution >= 0.6 is 11.3 Å². The van der Waals surface area contributed by atoms with E-state index in [9.17, 15) is 4.79 Å². The van der Waals surface area contributed by atoms with Gasteiger partial charge >= 0.3 is 0 Å². The zero-order chi connectivity index (χ0) is 21.1. The van der Waals surface area contributed by atoms with Gasteiger partial charge in [0, 0.05) is 24.9 Å². The van der Waals surface area contributed by atoms with Crippen LogP contribution in [0.3, 0.4) is 0 Å². The van der Waals surface area contributed by atoms with Gasteiger partial charge in [-0.3, -0.25) is 4.79 Å². The molecule has 6 rings (SSSR count). The minimum Gasteiger partial charge on any atom is -0.348 e. The number of carbonyl (C=O) groups excluding carboxylic acids is 1. The summed E-state index contributed by atoms with van der Waals surface area (Å²) in [6, 6.07) is 9.83. The number of H-pyrrole nitrogens is 1. The molecule has 0 saturated heterocycles. The number of benzene rings is 1. The van der Waals surface area contributed by atoms with Gasteiger partial charge in [0.25, 0.3) is 5.91 Å². The second kappa shape index (κ2) is 6.75. The van der Waals surface area contributed by atoms with Gasteiger partial charge in [-0.1, -0.05) is 18.2 Å². The zero-order valence-corrected chi connectivity index (χ0v) is 18.0. The number of pyridine rings is 1. The molecule has 0 aliphatic carbocycles. The van der Waals surface area contributed by atoms with E-state index in [1.807, 2.05) is 36.2 Å². The first-order valence-corrected chi connectivity index (χ1v) is 11.0. The first-order valence-electron chi connectivity index (χ1n) is 10.2. The maximum atomic E-state index is 13.8. The molecule has 1 aromatic carbocycles. The quantitative estimate of drug-likeness (QED) is 0.460. The molecule has 5 aromatic rings. The molecule has 1 aliphatic heterocycles. The van der Waals surface area contributed by atoms with E-state index in [-0.39, 0.29) is 11.9 Å². The van der Waals surface area contributed by atoms with Crippen molar-refractivity contribution in [3.8, 4) is 0 Å². The first kappa shape index (κ1) is 18.3. The van der Waals surface area contributed by atoms with E-state index >= 15 is 0 Å². The lowest BCUT2D eigenvalue weighted by atomic mass is 10.0. The summed E-state index contributed by atoms with van der Waals surface area (Å²) in [4.78, 5) is 28.5. The molecule has 8 heteroatoms. The Balaban J connectivity index is 1.49. The molecule has 0 unspecified atom stereocenters. The molecule has 0 radical (unpaired) electrons. The van der Waals surface area contributed by atoms with Crippen molar-refractivity contribution in [3.63, 3.8) is 0 Å². The Morgan fingerprint density at radius 1 is 1.23 bits per heavy atom. The number of nitrogens with one attached hydrogen (secondary N) is 1. The lowest BCUT2D eigenvalue weighted by molar-refractivity contribution is 0.0692. The molecular formula is C23H20N6OS. The number of amides is 1.